The Hall–Kier alpha value is 0.708. The van der Waals surface area contributed by atoms with Crippen LogP contribution in [0.15, 0.2) is 0 Å². The molecule has 37 heavy (non-hydrogen) atoms. The maximum absolute atomic E-state index is 11.3. The lowest BCUT2D eigenvalue weighted by molar-refractivity contribution is -0.0418. The summed E-state index contributed by atoms with van der Waals surface area (Å²) in [5, 5.41) is 10.8. The van der Waals surface area contributed by atoms with Gasteiger partial charge < -0.3 is 18.4 Å². The molecule has 0 saturated carbocycles. The molecule has 0 bridgehead atoms. The van der Waals surface area contributed by atoms with Crippen LogP contribution in [-0.2, 0) is 13.3 Å². The average Bonchev–Trinajstić information content (AvgIpc) is 2.84. The van der Waals surface area contributed by atoms with E-state index in [1.165, 1.54) is 0 Å². The minimum absolute atomic E-state index is 0.0863. The highest BCUT2D eigenvalue weighted by Gasteiger charge is 2.65. The van der Waals surface area contributed by atoms with Crippen molar-refractivity contribution in [2.45, 2.75) is 180 Å². The largest absolute Gasteiger partial charge is 0.412 e. The first kappa shape index (κ1) is 37.7. The first-order chi connectivity index (χ1) is 16.9. The van der Waals surface area contributed by atoms with Gasteiger partial charge in [-0.25, -0.2) is 0 Å². The first-order valence-electron chi connectivity index (χ1n) is 15.6. The smallest absolute Gasteiger partial charge is 0.223 e. The summed E-state index contributed by atoms with van der Waals surface area (Å²) in [4.78, 5) is 0. The summed E-state index contributed by atoms with van der Waals surface area (Å²) in [6, 6.07) is 0. The van der Waals surface area contributed by atoms with Crippen LogP contribution in [0, 0.1) is 0 Å². The van der Waals surface area contributed by atoms with E-state index in [9.17, 15) is 5.11 Å². The zero-order chi connectivity index (χ0) is 29.6. The highest BCUT2D eigenvalue weighted by atomic mass is 28.4. The number of aliphatic hydroxyl groups excluding tert-OH is 1. The Kier molecular flexibility index (Phi) is 14.3. The van der Waals surface area contributed by atoms with Crippen molar-refractivity contribution in [3.63, 3.8) is 0 Å². The lowest BCUT2D eigenvalue weighted by Crippen LogP contribution is -2.70. The third-order valence-electron chi connectivity index (χ3n) is 10.4. The fourth-order valence-electron chi connectivity index (χ4n) is 7.89. The van der Waals surface area contributed by atoms with Crippen molar-refractivity contribution in [3.8, 4) is 0 Å². The van der Waals surface area contributed by atoms with Gasteiger partial charge in [-0.05, 0) is 90.6 Å². The van der Waals surface area contributed by atoms with Gasteiger partial charge in [-0.3, -0.25) is 0 Å². The van der Waals surface area contributed by atoms with Crippen LogP contribution in [0.5, 0.6) is 0 Å². The molecule has 0 saturated heterocycles. The van der Waals surface area contributed by atoms with E-state index >= 15 is 0 Å². The fourth-order valence-corrected chi connectivity index (χ4v) is 22.7. The van der Waals surface area contributed by atoms with Crippen molar-refractivity contribution in [1.29, 1.82) is 0 Å². The molecule has 1 atom stereocenters. The molecular weight excluding hydrogens is 525 g/mol. The Morgan fingerprint density at radius 2 is 1.03 bits per heavy atom. The second-order valence-electron chi connectivity index (χ2n) is 13.4. The molecule has 1 N–H and O–H groups in total. The average molecular weight is 593 g/mol. The molecule has 0 rings (SSSR count). The third kappa shape index (κ3) is 7.14. The van der Waals surface area contributed by atoms with Gasteiger partial charge in [-0.15, -0.1) is 0 Å². The lowest BCUT2D eigenvalue weighted by Gasteiger charge is -2.62. The first-order valence-corrected chi connectivity index (χ1v) is 27.4. The molecule has 0 aromatic carbocycles. The third-order valence-corrected chi connectivity index (χ3v) is 23.4. The van der Waals surface area contributed by atoms with E-state index < -0.39 is 33.7 Å². The quantitative estimate of drug-likeness (QED) is 0.152. The minimum atomic E-state index is -2.69. The molecule has 0 radical (unpaired) electrons. The summed E-state index contributed by atoms with van der Waals surface area (Å²) in [6.07, 6.45) is 7.90. The molecule has 224 valence electrons. The molecule has 0 aliphatic heterocycles. The fraction of sp³-hybridized carbons (Fsp3) is 1.00. The zero-order valence-corrected chi connectivity index (χ0v) is 32.3. The molecule has 0 aliphatic rings. The summed E-state index contributed by atoms with van der Waals surface area (Å²) in [5.41, 5.74) is -0.361. The van der Waals surface area contributed by atoms with Crippen molar-refractivity contribution >= 4 is 33.7 Å². The van der Waals surface area contributed by atoms with E-state index in [0.717, 1.165) is 51.4 Å². The van der Waals surface area contributed by atoms with E-state index in [2.05, 4.69) is 108 Å². The maximum Gasteiger partial charge on any atom is 0.223 e. The number of hydrogen-bond acceptors (Lipinski definition) is 4. The Balaban J connectivity index is 7.23. The molecule has 0 aliphatic carbocycles. The number of aliphatic hydroxyl groups is 1. The molecule has 0 fully saturated rings. The molecule has 4 nitrogen and oxygen atoms in total. The van der Waals surface area contributed by atoms with Crippen molar-refractivity contribution in [3.05, 3.63) is 0 Å². The predicted octanol–water partition coefficient (Wildman–Crippen LogP) is 8.98. The summed E-state index contributed by atoms with van der Waals surface area (Å²) in [5.74, 6) is 0. The van der Waals surface area contributed by atoms with Crippen LogP contribution in [0.25, 0.3) is 0 Å². The Morgan fingerprint density at radius 3 is 1.27 bits per heavy atom. The van der Waals surface area contributed by atoms with Crippen molar-refractivity contribution in [2.75, 3.05) is 6.23 Å². The van der Waals surface area contributed by atoms with Crippen LogP contribution in [0.3, 0.4) is 0 Å². The molecule has 0 amide bonds. The topological polar surface area (TPSA) is 47.9 Å². The van der Waals surface area contributed by atoms with E-state index in [1.54, 1.807) is 0 Å². The van der Waals surface area contributed by atoms with Gasteiger partial charge in [0.1, 0.15) is 0 Å². The van der Waals surface area contributed by atoms with Crippen LogP contribution in [-0.4, -0.2) is 61.1 Å². The van der Waals surface area contributed by atoms with E-state index in [0.29, 0.717) is 0 Å². The van der Waals surface area contributed by atoms with Crippen LogP contribution < -0.4 is 0 Å². The van der Waals surface area contributed by atoms with Crippen LogP contribution in [0.2, 0.25) is 57.4 Å². The Labute approximate surface area is 238 Å². The molecule has 0 heterocycles. The highest BCUT2D eigenvalue weighted by Crippen LogP contribution is 2.60. The Bertz CT molecular complexity index is 661. The summed E-state index contributed by atoms with van der Waals surface area (Å²) in [6.45, 7) is 37.3. The van der Waals surface area contributed by atoms with Gasteiger partial charge in [0.25, 0.3) is 0 Å². The van der Waals surface area contributed by atoms with Crippen LogP contribution in [0.1, 0.15) is 107 Å². The van der Waals surface area contributed by atoms with Crippen molar-refractivity contribution < 1.29 is 18.4 Å². The molecule has 0 spiro atoms. The van der Waals surface area contributed by atoms with Gasteiger partial charge in [-0.2, -0.15) is 0 Å². The standard InChI is InChI=1S/C29H68O4Si4/c1-17-26(18-2,31-36(14,15)29(23-7,24-8)33-35(11,12)13)27(19-3,20-4)37(16,25-30)32-28(21-5,22-6)34(9)10/h30,34H,17-25H2,1-16H3. The summed E-state index contributed by atoms with van der Waals surface area (Å²) in [7, 11) is -8.03. The van der Waals surface area contributed by atoms with Gasteiger partial charge in [0, 0.05) is 10.3 Å². The van der Waals surface area contributed by atoms with Gasteiger partial charge >= 0.3 is 0 Å². The van der Waals surface area contributed by atoms with Crippen LogP contribution >= 0.6 is 0 Å². The van der Waals surface area contributed by atoms with Gasteiger partial charge in [-0.1, -0.05) is 68.5 Å². The SMILES string of the molecule is CCC(CC)(O[Si](C)(CO)C(CC)(CC)C(CC)(CC)O[Si](C)(C)C(CC)(CC)O[Si](C)(C)C)[SiH](C)C. The van der Waals surface area contributed by atoms with Gasteiger partial charge in [0.05, 0.1) is 25.9 Å². The predicted molar refractivity (Wildman–Crippen MR) is 175 cm³/mol. The number of rotatable bonds is 19. The number of hydrogen-bond donors (Lipinski definition) is 1. The second kappa shape index (κ2) is 14.1. The molecule has 0 aromatic rings. The molecule has 0 aromatic heterocycles. The van der Waals surface area contributed by atoms with Crippen molar-refractivity contribution in [1.82, 2.24) is 0 Å². The monoisotopic (exact) mass is 592 g/mol. The maximum atomic E-state index is 11.3. The minimum Gasteiger partial charge on any atom is -0.412 e. The molecular formula is C29H68O4Si4. The lowest BCUT2D eigenvalue weighted by atomic mass is 9.78. The molecule has 8 heteroatoms. The second-order valence-corrected chi connectivity index (χ2v) is 29.3. The normalized spacial score (nSPS) is 16.4. The zero-order valence-electron chi connectivity index (χ0n) is 28.1. The highest BCUT2D eigenvalue weighted by molar-refractivity contribution is 6.78. The van der Waals surface area contributed by atoms with E-state index in [1.807, 2.05) is 0 Å². The van der Waals surface area contributed by atoms with Gasteiger partial charge in [0.2, 0.25) is 16.6 Å². The van der Waals surface area contributed by atoms with E-state index in [-0.39, 0.29) is 27.3 Å². The Morgan fingerprint density at radius 1 is 0.595 bits per heavy atom. The molecule has 1 unspecified atom stereocenters. The van der Waals surface area contributed by atoms with Crippen molar-refractivity contribution in [2.24, 2.45) is 0 Å². The van der Waals surface area contributed by atoms with Crippen LogP contribution in [0.4, 0.5) is 0 Å². The van der Waals surface area contributed by atoms with Gasteiger partial charge in [0.15, 0.2) is 8.32 Å². The van der Waals surface area contributed by atoms with E-state index in [4.69, 9.17) is 13.3 Å². The summed E-state index contributed by atoms with van der Waals surface area (Å²) >= 11 is 0. The summed E-state index contributed by atoms with van der Waals surface area (Å²) < 4.78 is 22.3.